The molecule has 6 heteroatoms. The second-order valence-electron chi connectivity index (χ2n) is 6.01. The number of carbonyl (C=O) groups is 2. The van der Waals surface area contributed by atoms with Gasteiger partial charge in [0.1, 0.15) is 0 Å². The predicted octanol–water partition coefficient (Wildman–Crippen LogP) is 3.49. The topological polar surface area (TPSA) is 68.3 Å². The molecule has 2 aromatic carbocycles. The molecule has 0 unspecified atom stereocenters. The zero-order valence-electron chi connectivity index (χ0n) is 15.0. The van der Waals surface area contributed by atoms with Gasteiger partial charge in [0.2, 0.25) is 0 Å². The first-order chi connectivity index (χ1) is 13.1. The third-order valence-electron chi connectivity index (χ3n) is 3.93. The fourth-order valence-corrected chi connectivity index (χ4v) is 3.33. The summed E-state index contributed by atoms with van der Waals surface area (Å²) in [6.07, 6.45) is 0. The van der Waals surface area contributed by atoms with Gasteiger partial charge in [0.25, 0.3) is 5.91 Å². The van der Waals surface area contributed by atoms with Crippen LogP contribution in [0.2, 0.25) is 0 Å². The highest BCUT2D eigenvalue weighted by Crippen LogP contribution is 2.23. The molecule has 138 valence electrons. The number of para-hydroxylation sites is 1. The molecular weight excluding hydrogens is 360 g/mol. The molecule has 1 N–H and O–H groups in total. The van der Waals surface area contributed by atoms with Gasteiger partial charge in [-0.3, -0.25) is 9.59 Å². The number of amides is 1. The van der Waals surface area contributed by atoms with Crippen LogP contribution < -0.4 is 5.32 Å². The summed E-state index contributed by atoms with van der Waals surface area (Å²) in [7, 11) is 0. The van der Waals surface area contributed by atoms with E-state index in [4.69, 9.17) is 4.74 Å². The zero-order chi connectivity index (χ0) is 19.1. The Hall–Kier alpha value is -2.86. The van der Waals surface area contributed by atoms with Crippen molar-refractivity contribution in [2.24, 2.45) is 0 Å². The Bertz CT molecular complexity index is 945. The van der Waals surface area contributed by atoms with Crippen LogP contribution in [0.5, 0.6) is 0 Å². The fourth-order valence-electron chi connectivity index (χ4n) is 2.56. The van der Waals surface area contributed by atoms with Crippen molar-refractivity contribution in [3.8, 4) is 0 Å². The summed E-state index contributed by atoms with van der Waals surface area (Å²) in [6, 6.07) is 19.4. The molecule has 1 aromatic heterocycles. The maximum Gasteiger partial charge on any atom is 0.316 e. The lowest BCUT2D eigenvalue weighted by atomic mass is 10.1. The number of hydrogen-bond donors (Lipinski definition) is 1. The number of nitrogens with one attached hydrogen (secondary N) is 1. The van der Waals surface area contributed by atoms with Crippen molar-refractivity contribution < 1.29 is 14.3 Å². The number of hydrogen-bond acceptors (Lipinski definition) is 5. The molecule has 1 amide bonds. The number of thioether (sulfide) groups is 1. The lowest BCUT2D eigenvalue weighted by Gasteiger charge is -2.08. The number of benzene rings is 2. The van der Waals surface area contributed by atoms with Gasteiger partial charge in [-0.1, -0.05) is 60.3 Å². The van der Waals surface area contributed by atoms with E-state index >= 15 is 0 Å². The van der Waals surface area contributed by atoms with Crippen molar-refractivity contribution in [1.29, 1.82) is 0 Å². The summed E-state index contributed by atoms with van der Waals surface area (Å²) in [5, 5.41) is 4.58. The summed E-state index contributed by atoms with van der Waals surface area (Å²) in [6.45, 7) is 2.14. The second kappa shape index (κ2) is 9.19. The first-order valence-electron chi connectivity index (χ1n) is 8.57. The van der Waals surface area contributed by atoms with Gasteiger partial charge in [0.05, 0.1) is 16.3 Å². The molecule has 0 saturated carbocycles. The average molecular weight is 380 g/mol. The molecule has 0 fully saturated rings. The summed E-state index contributed by atoms with van der Waals surface area (Å²) >= 11 is 1.30. The van der Waals surface area contributed by atoms with Crippen LogP contribution in [0.4, 0.5) is 0 Å². The van der Waals surface area contributed by atoms with Gasteiger partial charge >= 0.3 is 5.97 Å². The number of ether oxygens (including phenoxy) is 1. The Balaban J connectivity index is 1.44. The van der Waals surface area contributed by atoms with E-state index in [-0.39, 0.29) is 18.3 Å². The fraction of sp³-hybridized carbons (Fsp3) is 0.190. The van der Waals surface area contributed by atoms with E-state index in [9.17, 15) is 9.59 Å². The van der Waals surface area contributed by atoms with E-state index in [0.29, 0.717) is 6.54 Å². The summed E-state index contributed by atoms with van der Waals surface area (Å²) < 4.78 is 5.03. The van der Waals surface area contributed by atoms with Gasteiger partial charge in [0, 0.05) is 11.9 Å². The van der Waals surface area contributed by atoms with Crippen molar-refractivity contribution in [3.63, 3.8) is 0 Å². The summed E-state index contributed by atoms with van der Waals surface area (Å²) in [5.74, 6) is -0.657. The molecule has 0 saturated heterocycles. The van der Waals surface area contributed by atoms with Gasteiger partial charge in [-0.15, -0.1) is 0 Å². The molecule has 0 aliphatic rings. The lowest BCUT2D eigenvalue weighted by molar-refractivity contribution is -0.145. The number of pyridine rings is 1. The highest BCUT2D eigenvalue weighted by molar-refractivity contribution is 7.99. The number of carbonyl (C=O) groups excluding carboxylic acids is 2. The molecule has 0 aliphatic heterocycles. The van der Waals surface area contributed by atoms with Crippen molar-refractivity contribution >= 4 is 34.5 Å². The van der Waals surface area contributed by atoms with Crippen molar-refractivity contribution in [3.05, 3.63) is 71.8 Å². The SMILES string of the molecule is Cc1cc(SCC(=O)OCC(=O)NCc2ccccc2)nc2ccccc12. The Morgan fingerprint density at radius 2 is 1.81 bits per heavy atom. The van der Waals surface area contributed by atoms with Crippen LogP contribution >= 0.6 is 11.8 Å². The number of nitrogens with zero attached hydrogens (tertiary/aromatic N) is 1. The van der Waals surface area contributed by atoms with Gasteiger partial charge in [0.15, 0.2) is 6.61 Å². The average Bonchev–Trinajstić information content (AvgIpc) is 2.70. The maximum atomic E-state index is 11.9. The maximum absolute atomic E-state index is 11.9. The standard InChI is InChI=1S/C21H20N2O3S/c1-15-11-20(23-18-10-6-5-9-17(15)18)27-14-21(25)26-13-19(24)22-12-16-7-3-2-4-8-16/h2-11H,12-14H2,1H3,(H,22,24). The molecule has 27 heavy (non-hydrogen) atoms. The highest BCUT2D eigenvalue weighted by Gasteiger charge is 2.10. The van der Waals surface area contributed by atoms with Crippen LogP contribution in [0.25, 0.3) is 10.9 Å². The van der Waals surface area contributed by atoms with E-state index < -0.39 is 5.97 Å². The quantitative estimate of drug-likeness (QED) is 0.502. The number of aromatic nitrogens is 1. The minimum Gasteiger partial charge on any atom is -0.455 e. The lowest BCUT2D eigenvalue weighted by Crippen LogP contribution is -2.28. The molecule has 0 aliphatic carbocycles. The van der Waals surface area contributed by atoms with Crippen LogP contribution in [0.1, 0.15) is 11.1 Å². The first kappa shape index (κ1) is 18.9. The number of esters is 1. The normalized spacial score (nSPS) is 10.6. The third-order valence-corrected chi connectivity index (χ3v) is 4.82. The van der Waals surface area contributed by atoms with Gasteiger partial charge in [-0.2, -0.15) is 0 Å². The minimum atomic E-state index is -0.442. The largest absolute Gasteiger partial charge is 0.455 e. The van der Waals surface area contributed by atoms with Gasteiger partial charge < -0.3 is 10.1 Å². The molecule has 0 radical (unpaired) electrons. The van der Waals surface area contributed by atoms with Crippen molar-refractivity contribution in [1.82, 2.24) is 10.3 Å². The van der Waals surface area contributed by atoms with E-state index in [0.717, 1.165) is 27.1 Å². The highest BCUT2D eigenvalue weighted by atomic mass is 32.2. The molecule has 3 rings (SSSR count). The van der Waals surface area contributed by atoms with Crippen molar-refractivity contribution in [2.75, 3.05) is 12.4 Å². The Morgan fingerprint density at radius 1 is 1.07 bits per heavy atom. The second-order valence-corrected chi connectivity index (χ2v) is 7.00. The summed E-state index contributed by atoms with van der Waals surface area (Å²) in [4.78, 5) is 28.2. The molecule has 0 spiro atoms. The number of aryl methyl sites for hydroxylation is 1. The Morgan fingerprint density at radius 3 is 2.63 bits per heavy atom. The van der Waals surface area contributed by atoms with Gasteiger partial charge in [-0.05, 0) is 30.2 Å². The predicted molar refractivity (Wildman–Crippen MR) is 106 cm³/mol. The monoisotopic (exact) mass is 380 g/mol. The number of fused-ring (bicyclic) bond motifs is 1. The van der Waals surface area contributed by atoms with Crippen LogP contribution in [0.3, 0.4) is 0 Å². The summed E-state index contributed by atoms with van der Waals surface area (Å²) in [5.41, 5.74) is 3.00. The molecule has 1 heterocycles. The van der Waals surface area contributed by atoms with Crippen LogP contribution in [0.15, 0.2) is 65.7 Å². The molecule has 0 atom stereocenters. The molecular formula is C21H20N2O3S. The number of rotatable bonds is 7. The Kier molecular flexibility index (Phi) is 6.44. The van der Waals surface area contributed by atoms with E-state index in [2.05, 4.69) is 10.3 Å². The Labute approximate surface area is 162 Å². The van der Waals surface area contributed by atoms with E-state index in [1.165, 1.54) is 11.8 Å². The zero-order valence-corrected chi connectivity index (χ0v) is 15.8. The van der Waals surface area contributed by atoms with Crippen LogP contribution in [-0.4, -0.2) is 29.2 Å². The molecule has 5 nitrogen and oxygen atoms in total. The van der Waals surface area contributed by atoms with Crippen LogP contribution in [0, 0.1) is 6.92 Å². The van der Waals surface area contributed by atoms with Gasteiger partial charge in [-0.25, -0.2) is 4.98 Å². The van der Waals surface area contributed by atoms with Crippen LogP contribution in [-0.2, 0) is 20.9 Å². The smallest absolute Gasteiger partial charge is 0.316 e. The van der Waals surface area contributed by atoms with Crippen molar-refractivity contribution in [2.45, 2.75) is 18.5 Å². The first-order valence-corrected chi connectivity index (χ1v) is 9.56. The van der Waals surface area contributed by atoms with E-state index in [1.54, 1.807) is 0 Å². The minimum absolute atomic E-state index is 0.108. The molecule has 3 aromatic rings. The third kappa shape index (κ3) is 5.56. The molecule has 0 bridgehead atoms. The van der Waals surface area contributed by atoms with E-state index in [1.807, 2.05) is 67.6 Å².